The van der Waals surface area contributed by atoms with Crippen molar-refractivity contribution in [3.05, 3.63) is 34.6 Å². The number of nitrogens with zero attached hydrogens (tertiary/aromatic N) is 2. The van der Waals surface area contributed by atoms with Crippen molar-refractivity contribution in [1.82, 2.24) is 9.55 Å². The number of hydrogen-bond donors (Lipinski definition) is 1. The van der Waals surface area contributed by atoms with Gasteiger partial charge in [0.2, 0.25) is 0 Å². The minimum absolute atomic E-state index is 0.0256. The summed E-state index contributed by atoms with van der Waals surface area (Å²) in [6.07, 6.45) is 0. The van der Waals surface area contributed by atoms with Gasteiger partial charge in [-0.05, 0) is 19.1 Å². The summed E-state index contributed by atoms with van der Waals surface area (Å²) in [5.41, 5.74) is 6.26. The first kappa shape index (κ1) is 12.1. The van der Waals surface area contributed by atoms with Gasteiger partial charge in [0, 0.05) is 18.8 Å². The van der Waals surface area contributed by atoms with Gasteiger partial charge in [-0.25, -0.2) is 4.98 Å². The molecule has 5 heteroatoms. The Balaban J connectivity index is 2.62. The van der Waals surface area contributed by atoms with Crippen LogP contribution in [0, 0.1) is 0 Å². The first-order chi connectivity index (χ1) is 8.27. The predicted octanol–water partition coefficient (Wildman–Crippen LogP) is 1.47. The monoisotopic (exact) mass is 249 g/mol. The fraction of sp³-hybridized carbons (Fsp3) is 0.333. The van der Waals surface area contributed by atoms with Gasteiger partial charge in [-0.15, -0.1) is 0 Å². The molecular weight excluding hydrogens is 234 g/mol. The molecular formula is C12H15N3OS. The first-order valence-electron chi connectivity index (χ1n) is 5.60. The molecule has 4 nitrogen and oxygen atoms in total. The lowest BCUT2D eigenvalue weighted by atomic mass is 10.2. The Bertz CT molecular complexity index is 579. The van der Waals surface area contributed by atoms with Gasteiger partial charge < -0.3 is 5.73 Å². The lowest BCUT2D eigenvalue weighted by Crippen LogP contribution is -2.22. The molecule has 0 saturated heterocycles. The standard InChI is InChI=1S/C12H15N3OS/c1-2-15-11(16)9-5-3-4-6-10(9)14-12(15)17-8-7-13/h3-6H,2,7-8,13H2,1H3. The summed E-state index contributed by atoms with van der Waals surface area (Å²) in [5.74, 6) is 0.769. The number of para-hydroxylation sites is 1. The third kappa shape index (κ3) is 2.35. The molecule has 0 saturated carbocycles. The van der Waals surface area contributed by atoms with Crippen molar-refractivity contribution >= 4 is 22.7 Å². The molecule has 0 aliphatic rings. The van der Waals surface area contributed by atoms with Crippen molar-refractivity contribution in [1.29, 1.82) is 0 Å². The van der Waals surface area contributed by atoms with E-state index in [-0.39, 0.29) is 5.56 Å². The van der Waals surface area contributed by atoms with E-state index in [1.807, 2.05) is 31.2 Å². The lowest BCUT2D eigenvalue weighted by Gasteiger charge is -2.10. The molecule has 0 amide bonds. The summed E-state index contributed by atoms with van der Waals surface area (Å²) < 4.78 is 1.70. The average Bonchev–Trinajstić information content (AvgIpc) is 2.36. The quantitative estimate of drug-likeness (QED) is 0.658. The highest BCUT2D eigenvalue weighted by Crippen LogP contribution is 2.16. The van der Waals surface area contributed by atoms with E-state index >= 15 is 0 Å². The van der Waals surface area contributed by atoms with Crippen LogP contribution >= 0.6 is 11.8 Å². The second-order valence-corrected chi connectivity index (χ2v) is 4.66. The Morgan fingerprint density at radius 3 is 2.88 bits per heavy atom. The highest BCUT2D eigenvalue weighted by atomic mass is 32.2. The second-order valence-electron chi connectivity index (χ2n) is 3.60. The minimum Gasteiger partial charge on any atom is -0.330 e. The molecule has 2 rings (SSSR count). The van der Waals surface area contributed by atoms with Gasteiger partial charge in [-0.1, -0.05) is 23.9 Å². The van der Waals surface area contributed by atoms with Gasteiger partial charge in [0.1, 0.15) is 0 Å². The van der Waals surface area contributed by atoms with E-state index < -0.39 is 0 Å². The molecule has 0 radical (unpaired) electrons. The van der Waals surface area contributed by atoms with Crippen LogP contribution in [0.1, 0.15) is 6.92 Å². The van der Waals surface area contributed by atoms with Crippen LogP contribution < -0.4 is 11.3 Å². The molecule has 2 aromatic rings. The van der Waals surface area contributed by atoms with Crippen molar-refractivity contribution < 1.29 is 0 Å². The van der Waals surface area contributed by atoms with Crippen molar-refractivity contribution in [2.75, 3.05) is 12.3 Å². The highest BCUT2D eigenvalue weighted by molar-refractivity contribution is 7.99. The maximum Gasteiger partial charge on any atom is 0.262 e. The zero-order chi connectivity index (χ0) is 12.3. The van der Waals surface area contributed by atoms with E-state index in [9.17, 15) is 4.79 Å². The summed E-state index contributed by atoms with van der Waals surface area (Å²) in [7, 11) is 0. The maximum atomic E-state index is 12.2. The average molecular weight is 249 g/mol. The third-order valence-corrected chi connectivity index (χ3v) is 3.50. The number of aromatic nitrogens is 2. The molecule has 90 valence electrons. The van der Waals surface area contributed by atoms with Crippen molar-refractivity contribution in [3.8, 4) is 0 Å². The topological polar surface area (TPSA) is 60.9 Å². The van der Waals surface area contributed by atoms with Crippen LogP contribution in [-0.2, 0) is 6.54 Å². The van der Waals surface area contributed by atoms with E-state index in [1.165, 1.54) is 11.8 Å². The number of hydrogen-bond acceptors (Lipinski definition) is 4. The fourth-order valence-corrected chi connectivity index (χ4v) is 2.52. The molecule has 0 fully saturated rings. The summed E-state index contributed by atoms with van der Waals surface area (Å²) in [6, 6.07) is 7.43. The van der Waals surface area contributed by atoms with E-state index in [1.54, 1.807) is 4.57 Å². The Labute approximate surface area is 104 Å². The number of rotatable bonds is 4. The van der Waals surface area contributed by atoms with Gasteiger partial charge in [-0.2, -0.15) is 0 Å². The van der Waals surface area contributed by atoms with Crippen LogP contribution in [0.2, 0.25) is 0 Å². The van der Waals surface area contributed by atoms with E-state index in [0.717, 1.165) is 16.4 Å². The lowest BCUT2D eigenvalue weighted by molar-refractivity contribution is 0.634. The minimum atomic E-state index is 0.0256. The number of thioether (sulfide) groups is 1. The molecule has 0 aliphatic carbocycles. The van der Waals surface area contributed by atoms with Crippen molar-refractivity contribution in [2.45, 2.75) is 18.6 Å². The van der Waals surface area contributed by atoms with Crippen LogP contribution in [0.5, 0.6) is 0 Å². The molecule has 1 aromatic heterocycles. The van der Waals surface area contributed by atoms with Crippen LogP contribution in [0.25, 0.3) is 10.9 Å². The summed E-state index contributed by atoms with van der Waals surface area (Å²) in [4.78, 5) is 16.7. The Kier molecular flexibility index (Phi) is 3.81. The highest BCUT2D eigenvalue weighted by Gasteiger charge is 2.09. The van der Waals surface area contributed by atoms with Crippen LogP contribution in [0.3, 0.4) is 0 Å². The zero-order valence-electron chi connectivity index (χ0n) is 9.72. The summed E-state index contributed by atoms with van der Waals surface area (Å²) in [6.45, 7) is 3.16. The molecule has 0 bridgehead atoms. The van der Waals surface area contributed by atoms with Crippen molar-refractivity contribution in [2.24, 2.45) is 5.73 Å². The molecule has 2 N–H and O–H groups in total. The zero-order valence-corrected chi connectivity index (χ0v) is 10.5. The molecule has 1 heterocycles. The van der Waals surface area contributed by atoms with Gasteiger partial charge in [0.15, 0.2) is 5.16 Å². The predicted molar refractivity (Wildman–Crippen MR) is 71.5 cm³/mol. The van der Waals surface area contributed by atoms with Crippen LogP contribution in [0.15, 0.2) is 34.2 Å². The van der Waals surface area contributed by atoms with Gasteiger partial charge in [0.05, 0.1) is 10.9 Å². The van der Waals surface area contributed by atoms with E-state index in [2.05, 4.69) is 4.98 Å². The van der Waals surface area contributed by atoms with Gasteiger partial charge in [0.25, 0.3) is 5.56 Å². The SMILES string of the molecule is CCn1c(SCCN)nc2ccccc2c1=O. The Morgan fingerprint density at radius 1 is 1.41 bits per heavy atom. The normalized spacial score (nSPS) is 10.9. The number of benzene rings is 1. The van der Waals surface area contributed by atoms with Gasteiger partial charge >= 0.3 is 0 Å². The molecule has 0 atom stereocenters. The number of nitrogens with two attached hydrogens (primary N) is 1. The third-order valence-electron chi connectivity index (χ3n) is 2.49. The summed E-state index contributed by atoms with van der Waals surface area (Å²) >= 11 is 1.53. The van der Waals surface area contributed by atoms with Gasteiger partial charge in [-0.3, -0.25) is 9.36 Å². The summed E-state index contributed by atoms with van der Waals surface area (Å²) in [5, 5.41) is 1.42. The Hall–Kier alpha value is -1.33. The first-order valence-corrected chi connectivity index (χ1v) is 6.59. The number of fused-ring (bicyclic) bond motifs is 1. The molecule has 0 spiro atoms. The second kappa shape index (κ2) is 5.33. The van der Waals surface area contributed by atoms with Crippen molar-refractivity contribution in [3.63, 3.8) is 0 Å². The molecule has 0 unspecified atom stereocenters. The largest absolute Gasteiger partial charge is 0.330 e. The van der Waals surface area contributed by atoms with Crippen LogP contribution in [0.4, 0.5) is 0 Å². The molecule has 17 heavy (non-hydrogen) atoms. The Morgan fingerprint density at radius 2 is 2.18 bits per heavy atom. The maximum absolute atomic E-state index is 12.2. The van der Waals surface area contributed by atoms with E-state index in [0.29, 0.717) is 18.5 Å². The van der Waals surface area contributed by atoms with E-state index in [4.69, 9.17) is 5.73 Å². The van der Waals surface area contributed by atoms with Crippen LogP contribution in [-0.4, -0.2) is 21.8 Å². The molecule has 1 aromatic carbocycles. The molecule has 0 aliphatic heterocycles. The fourth-order valence-electron chi connectivity index (χ4n) is 1.69. The smallest absolute Gasteiger partial charge is 0.262 e.